The molecule has 0 fully saturated rings. The van der Waals surface area contributed by atoms with Crippen LogP contribution in [-0.4, -0.2) is 32.8 Å². The van der Waals surface area contributed by atoms with Crippen molar-refractivity contribution in [2.75, 3.05) is 24.7 Å². The summed E-state index contributed by atoms with van der Waals surface area (Å²) in [5, 5.41) is 3.08. The fraction of sp³-hybridized carbons (Fsp3) is 0.300. The van der Waals surface area contributed by atoms with Gasteiger partial charge in [0.2, 0.25) is 10.0 Å². The highest BCUT2D eigenvalue weighted by molar-refractivity contribution is 9.10. The highest BCUT2D eigenvalue weighted by Gasteiger charge is 2.06. The summed E-state index contributed by atoms with van der Waals surface area (Å²) in [5.74, 6) is 0. The van der Waals surface area contributed by atoms with Crippen LogP contribution in [0.2, 0.25) is 0 Å². The molecule has 0 spiro atoms. The molecule has 0 amide bonds. The Kier molecular flexibility index (Phi) is 5.51. The van der Waals surface area contributed by atoms with Crippen LogP contribution < -0.4 is 15.8 Å². The van der Waals surface area contributed by atoms with E-state index in [-0.39, 0.29) is 4.99 Å². The quantitative estimate of drug-likeness (QED) is 0.526. The molecule has 0 aliphatic rings. The van der Waals surface area contributed by atoms with Gasteiger partial charge in [0.1, 0.15) is 4.99 Å². The number of hydrogen-bond donors (Lipinski definition) is 3. The predicted molar refractivity (Wildman–Crippen MR) is 81.4 cm³/mol. The van der Waals surface area contributed by atoms with Crippen molar-refractivity contribution in [2.24, 2.45) is 5.73 Å². The normalized spacial score (nSPS) is 11.2. The van der Waals surface area contributed by atoms with Crippen molar-refractivity contribution in [3.8, 4) is 0 Å². The predicted octanol–water partition coefficient (Wildman–Crippen LogP) is 1.04. The van der Waals surface area contributed by atoms with Crippen molar-refractivity contribution < 1.29 is 8.42 Å². The van der Waals surface area contributed by atoms with Crippen molar-refractivity contribution in [3.05, 3.63) is 28.2 Å². The molecule has 1 aromatic rings. The Labute approximate surface area is 120 Å². The molecule has 5 nitrogen and oxygen atoms in total. The van der Waals surface area contributed by atoms with Crippen LogP contribution in [0.3, 0.4) is 0 Å². The Balaban J connectivity index is 2.65. The number of anilines is 1. The van der Waals surface area contributed by atoms with Crippen LogP contribution >= 0.6 is 28.1 Å². The van der Waals surface area contributed by atoms with Crippen LogP contribution in [0.25, 0.3) is 0 Å². The van der Waals surface area contributed by atoms with Gasteiger partial charge in [-0.3, -0.25) is 0 Å². The second-order valence-corrected chi connectivity index (χ2v) is 6.84. The lowest BCUT2D eigenvalue weighted by atomic mass is 10.2. The van der Waals surface area contributed by atoms with Gasteiger partial charge >= 0.3 is 0 Å². The molecule has 0 bridgehead atoms. The standard InChI is InChI=1S/C10H14BrN3O2S2/c1-18(15,16)14-5-4-13-9-3-2-7(11)6-8(9)10(12)17/h2-3,6,13-14H,4-5H2,1H3,(H2,12,17). The van der Waals surface area contributed by atoms with E-state index in [1.807, 2.05) is 18.2 Å². The minimum absolute atomic E-state index is 0.287. The Morgan fingerprint density at radius 2 is 2.11 bits per heavy atom. The number of sulfonamides is 1. The summed E-state index contributed by atoms with van der Waals surface area (Å²) in [5.41, 5.74) is 7.12. The van der Waals surface area contributed by atoms with Gasteiger partial charge in [0.25, 0.3) is 0 Å². The maximum Gasteiger partial charge on any atom is 0.208 e. The van der Waals surface area contributed by atoms with Gasteiger partial charge in [0.05, 0.1) is 6.26 Å². The molecular formula is C10H14BrN3O2S2. The van der Waals surface area contributed by atoms with E-state index in [9.17, 15) is 8.42 Å². The third kappa shape index (κ3) is 5.30. The lowest BCUT2D eigenvalue weighted by Gasteiger charge is -2.11. The zero-order chi connectivity index (χ0) is 13.8. The highest BCUT2D eigenvalue weighted by atomic mass is 79.9. The smallest absolute Gasteiger partial charge is 0.208 e. The van der Waals surface area contributed by atoms with Gasteiger partial charge in [-0.2, -0.15) is 0 Å². The van der Waals surface area contributed by atoms with Gasteiger partial charge in [-0.05, 0) is 18.2 Å². The molecule has 0 saturated carbocycles. The fourth-order valence-corrected chi connectivity index (χ4v) is 2.31. The molecule has 1 aromatic carbocycles. The van der Waals surface area contributed by atoms with E-state index in [1.54, 1.807) is 0 Å². The highest BCUT2D eigenvalue weighted by Crippen LogP contribution is 2.20. The van der Waals surface area contributed by atoms with Crippen molar-refractivity contribution in [1.82, 2.24) is 4.72 Å². The van der Waals surface area contributed by atoms with Crippen LogP contribution in [0.1, 0.15) is 5.56 Å². The van der Waals surface area contributed by atoms with Crippen LogP contribution in [0.4, 0.5) is 5.69 Å². The number of hydrogen-bond acceptors (Lipinski definition) is 4. The van der Waals surface area contributed by atoms with Gasteiger partial charge in [0.15, 0.2) is 0 Å². The maximum absolute atomic E-state index is 10.9. The van der Waals surface area contributed by atoms with E-state index in [4.69, 9.17) is 18.0 Å². The lowest BCUT2D eigenvalue weighted by molar-refractivity contribution is 0.589. The van der Waals surface area contributed by atoms with Crippen molar-refractivity contribution >= 4 is 48.8 Å². The van der Waals surface area contributed by atoms with Gasteiger partial charge in [-0.1, -0.05) is 28.1 Å². The lowest BCUT2D eigenvalue weighted by Crippen LogP contribution is -2.28. The van der Waals surface area contributed by atoms with Gasteiger partial charge in [-0.25, -0.2) is 13.1 Å². The third-order valence-electron chi connectivity index (χ3n) is 2.05. The van der Waals surface area contributed by atoms with E-state index in [2.05, 4.69) is 26.0 Å². The summed E-state index contributed by atoms with van der Waals surface area (Å²) < 4.78 is 25.0. The number of rotatable bonds is 6. The molecule has 0 atom stereocenters. The molecule has 18 heavy (non-hydrogen) atoms. The van der Waals surface area contributed by atoms with Crippen LogP contribution in [0, 0.1) is 0 Å². The second-order valence-electron chi connectivity index (χ2n) is 3.65. The first kappa shape index (κ1) is 15.4. The minimum atomic E-state index is -3.16. The number of halogens is 1. The first-order valence-electron chi connectivity index (χ1n) is 5.07. The summed E-state index contributed by atoms with van der Waals surface area (Å²) in [7, 11) is -3.16. The summed E-state index contributed by atoms with van der Waals surface area (Å²) in [6.45, 7) is 0.746. The molecule has 0 saturated heterocycles. The molecule has 0 aliphatic heterocycles. The fourth-order valence-electron chi connectivity index (χ4n) is 1.31. The average molecular weight is 352 g/mol. The zero-order valence-electron chi connectivity index (χ0n) is 9.73. The molecule has 100 valence electrons. The average Bonchev–Trinajstić information content (AvgIpc) is 2.24. The maximum atomic E-state index is 10.9. The number of benzene rings is 1. The molecule has 8 heteroatoms. The van der Waals surface area contributed by atoms with E-state index in [0.29, 0.717) is 13.1 Å². The van der Waals surface area contributed by atoms with Crippen LogP contribution in [-0.2, 0) is 10.0 Å². The monoisotopic (exact) mass is 351 g/mol. The first-order chi connectivity index (χ1) is 8.29. The number of thiocarbonyl (C=S) groups is 1. The molecule has 0 radical (unpaired) electrons. The Morgan fingerprint density at radius 3 is 2.67 bits per heavy atom. The van der Waals surface area contributed by atoms with E-state index >= 15 is 0 Å². The topological polar surface area (TPSA) is 84.2 Å². The van der Waals surface area contributed by atoms with Crippen molar-refractivity contribution in [2.45, 2.75) is 0 Å². The molecule has 0 aliphatic carbocycles. The molecule has 0 aromatic heterocycles. The largest absolute Gasteiger partial charge is 0.389 e. The summed E-state index contributed by atoms with van der Waals surface area (Å²) in [4.78, 5) is 0.287. The summed E-state index contributed by atoms with van der Waals surface area (Å²) in [6, 6.07) is 5.50. The zero-order valence-corrected chi connectivity index (χ0v) is 13.0. The van der Waals surface area contributed by atoms with Crippen molar-refractivity contribution in [1.29, 1.82) is 0 Å². The Hall–Kier alpha value is -0.700. The van der Waals surface area contributed by atoms with E-state index in [0.717, 1.165) is 22.0 Å². The minimum Gasteiger partial charge on any atom is -0.389 e. The molecule has 1 rings (SSSR count). The van der Waals surface area contributed by atoms with E-state index < -0.39 is 10.0 Å². The number of nitrogens with one attached hydrogen (secondary N) is 2. The van der Waals surface area contributed by atoms with Crippen LogP contribution in [0.5, 0.6) is 0 Å². The third-order valence-corrected chi connectivity index (χ3v) is 3.49. The van der Waals surface area contributed by atoms with Crippen molar-refractivity contribution in [3.63, 3.8) is 0 Å². The molecule has 0 heterocycles. The second kappa shape index (κ2) is 6.46. The Bertz CT molecular complexity index is 546. The van der Waals surface area contributed by atoms with E-state index in [1.165, 1.54) is 0 Å². The molecular weight excluding hydrogens is 338 g/mol. The molecule has 0 unspecified atom stereocenters. The summed E-state index contributed by atoms with van der Waals surface area (Å²) in [6.07, 6.45) is 1.12. The van der Waals surface area contributed by atoms with Gasteiger partial charge in [-0.15, -0.1) is 0 Å². The van der Waals surface area contributed by atoms with Gasteiger partial charge < -0.3 is 11.1 Å². The summed E-state index contributed by atoms with van der Waals surface area (Å²) >= 11 is 8.29. The first-order valence-corrected chi connectivity index (χ1v) is 8.17. The van der Waals surface area contributed by atoms with Crippen LogP contribution in [0.15, 0.2) is 22.7 Å². The number of nitrogens with two attached hydrogens (primary N) is 1. The molecule has 4 N–H and O–H groups in total. The Morgan fingerprint density at radius 1 is 1.44 bits per heavy atom. The SMILES string of the molecule is CS(=O)(=O)NCCNc1ccc(Br)cc1C(N)=S. The van der Waals surface area contributed by atoms with Gasteiger partial charge in [0, 0.05) is 28.8 Å².